The van der Waals surface area contributed by atoms with E-state index in [0.29, 0.717) is 37.3 Å². The van der Waals surface area contributed by atoms with Crippen molar-refractivity contribution in [2.45, 2.75) is 84.0 Å². The number of benzene rings is 1. The lowest BCUT2D eigenvalue weighted by Gasteiger charge is -2.32. The van der Waals surface area contributed by atoms with Gasteiger partial charge in [-0.2, -0.15) is 4.68 Å². The first-order chi connectivity index (χ1) is 20.3. The molecule has 2 aliphatic carbocycles. The molecule has 12 heteroatoms. The van der Waals surface area contributed by atoms with Gasteiger partial charge in [0, 0.05) is 31.2 Å². The first kappa shape index (κ1) is 32.9. The molecule has 11 nitrogen and oxygen atoms in total. The predicted molar refractivity (Wildman–Crippen MR) is 162 cm³/mol. The van der Waals surface area contributed by atoms with Crippen LogP contribution < -0.4 is 16.4 Å². The standard InChI is InChI=1S/C31H43N5O6.ClH/c1-20(2)17-26(27(37)30-34-36(31(40)42-30)19-22-7-8-22)33-29(39)24-5-3-4-6-25(24)32-28(38)23-11-9-21(10-12-23)18-35-13-15-41-16-14-35;/h9-12,20,22,24-26H,3-8,13-19H2,1-2H3,(H,32,38)(H,33,39);1H/t24-,25+,26+;/m1./s1. The molecule has 0 unspecified atom stereocenters. The molecule has 1 aromatic heterocycles. The molecule has 43 heavy (non-hydrogen) atoms. The number of carbonyl (C=O) groups is 3. The zero-order valence-corrected chi connectivity index (χ0v) is 25.9. The average molecular weight is 618 g/mol. The summed E-state index contributed by atoms with van der Waals surface area (Å²) in [5.74, 6) is -1.88. The quantitative estimate of drug-likeness (QED) is 0.347. The largest absolute Gasteiger partial charge is 0.437 e. The molecule has 3 fully saturated rings. The van der Waals surface area contributed by atoms with Crippen LogP contribution in [0.5, 0.6) is 0 Å². The minimum atomic E-state index is -0.873. The molecule has 2 amide bonds. The Bertz CT molecular complexity index is 1300. The van der Waals surface area contributed by atoms with Gasteiger partial charge in [0.05, 0.1) is 31.7 Å². The molecule has 1 saturated heterocycles. The molecule has 0 radical (unpaired) electrons. The Hall–Kier alpha value is -3.02. The number of hydrogen-bond acceptors (Lipinski definition) is 8. The number of aromatic nitrogens is 2. The van der Waals surface area contributed by atoms with Crippen LogP contribution in [0.15, 0.2) is 33.5 Å². The molecule has 3 atom stereocenters. The van der Waals surface area contributed by atoms with E-state index >= 15 is 0 Å². The molecule has 2 N–H and O–H groups in total. The first-order valence-corrected chi connectivity index (χ1v) is 15.4. The number of morpholine rings is 1. The zero-order chi connectivity index (χ0) is 29.6. The number of halogens is 1. The molecule has 2 aromatic rings. The van der Waals surface area contributed by atoms with Crippen LogP contribution in [0.1, 0.15) is 85.4 Å². The summed E-state index contributed by atoms with van der Waals surface area (Å²) in [4.78, 5) is 54.7. The van der Waals surface area contributed by atoms with Crippen LogP contribution in [0, 0.1) is 17.8 Å². The summed E-state index contributed by atoms with van der Waals surface area (Å²) in [5, 5.41) is 10.1. The van der Waals surface area contributed by atoms with Gasteiger partial charge in [-0.3, -0.25) is 19.3 Å². The van der Waals surface area contributed by atoms with E-state index in [9.17, 15) is 19.2 Å². The number of nitrogens with one attached hydrogen (secondary N) is 2. The van der Waals surface area contributed by atoms with Crippen LogP contribution in [-0.4, -0.2) is 70.7 Å². The van der Waals surface area contributed by atoms with Crippen molar-refractivity contribution >= 4 is 30.0 Å². The van der Waals surface area contributed by atoms with Crippen molar-refractivity contribution in [1.29, 1.82) is 0 Å². The Morgan fingerprint density at radius 3 is 2.40 bits per heavy atom. The number of ketones is 1. The van der Waals surface area contributed by atoms with Gasteiger partial charge < -0.3 is 19.8 Å². The van der Waals surface area contributed by atoms with Gasteiger partial charge in [0.2, 0.25) is 11.7 Å². The van der Waals surface area contributed by atoms with E-state index in [2.05, 4.69) is 20.6 Å². The molecule has 2 saturated carbocycles. The number of amides is 2. The second-order valence-electron chi connectivity index (χ2n) is 12.4. The summed E-state index contributed by atoms with van der Waals surface area (Å²) in [6.07, 6.45) is 5.52. The number of hydrogen-bond donors (Lipinski definition) is 2. The van der Waals surface area contributed by atoms with Crippen LogP contribution in [0.3, 0.4) is 0 Å². The topological polar surface area (TPSA) is 136 Å². The SMILES string of the molecule is CC(C)C[C@H](NC(=O)[C@@H]1CCCC[C@@H]1NC(=O)c1ccc(CN2CCOCC2)cc1)C(=O)c1nn(CC2CC2)c(=O)o1.Cl. The van der Waals surface area contributed by atoms with Gasteiger partial charge in [0.1, 0.15) is 0 Å². The molecule has 2 heterocycles. The van der Waals surface area contributed by atoms with Crippen molar-refractivity contribution in [3.05, 3.63) is 51.8 Å². The van der Waals surface area contributed by atoms with E-state index in [1.807, 2.05) is 38.1 Å². The number of nitrogens with zero attached hydrogens (tertiary/aromatic N) is 3. The van der Waals surface area contributed by atoms with Crippen LogP contribution in [0.4, 0.5) is 0 Å². The van der Waals surface area contributed by atoms with Gasteiger partial charge >= 0.3 is 5.76 Å². The van der Waals surface area contributed by atoms with Gasteiger partial charge in [0.15, 0.2) is 0 Å². The van der Waals surface area contributed by atoms with Gasteiger partial charge in [-0.15, -0.1) is 17.5 Å². The van der Waals surface area contributed by atoms with E-state index in [1.54, 1.807) is 0 Å². The smallest absolute Gasteiger partial charge is 0.384 e. The highest BCUT2D eigenvalue weighted by Gasteiger charge is 2.36. The Morgan fingerprint density at radius 2 is 1.72 bits per heavy atom. The number of ether oxygens (including phenoxy) is 1. The highest BCUT2D eigenvalue weighted by molar-refractivity contribution is 5.99. The summed E-state index contributed by atoms with van der Waals surface area (Å²) in [6, 6.07) is 6.39. The zero-order valence-electron chi connectivity index (χ0n) is 25.1. The number of rotatable bonds is 12. The minimum absolute atomic E-state index is 0. The Labute approximate surface area is 258 Å². The second-order valence-corrected chi connectivity index (χ2v) is 12.4. The highest BCUT2D eigenvalue weighted by atomic mass is 35.5. The van der Waals surface area contributed by atoms with Crippen molar-refractivity contribution in [2.75, 3.05) is 26.3 Å². The third kappa shape index (κ3) is 9.00. The van der Waals surface area contributed by atoms with E-state index in [0.717, 1.165) is 64.1 Å². The van der Waals surface area contributed by atoms with Crippen molar-refractivity contribution in [2.24, 2.45) is 17.8 Å². The minimum Gasteiger partial charge on any atom is -0.384 e. The molecular formula is C31H44ClN5O6. The molecule has 1 aliphatic heterocycles. The Morgan fingerprint density at radius 1 is 1.02 bits per heavy atom. The van der Waals surface area contributed by atoms with E-state index < -0.39 is 23.5 Å². The molecular weight excluding hydrogens is 574 g/mol. The highest BCUT2D eigenvalue weighted by Crippen LogP contribution is 2.30. The molecule has 236 valence electrons. The fraction of sp³-hybridized carbons (Fsp3) is 0.645. The van der Waals surface area contributed by atoms with Gasteiger partial charge in [-0.05, 0) is 61.6 Å². The van der Waals surface area contributed by atoms with Crippen LogP contribution in [0.25, 0.3) is 0 Å². The maximum Gasteiger partial charge on any atom is 0.437 e. The van der Waals surface area contributed by atoms with Crippen LogP contribution >= 0.6 is 12.4 Å². The summed E-state index contributed by atoms with van der Waals surface area (Å²) in [5.41, 5.74) is 1.69. The molecule has 0 spiro atoms. The van der Waals surface area contributed by atoms with Crippen molar-refractivity contribution in [3.8, 4) is 0 Å². The van der Waals surface area contributed by atoms with E-state index in [1.165, 1.54) is 4.68 Å². The van der Waals surface area contributed by atoms with E-state index in [-0.39, 0.29) is 42.1 Å². The summed E-state index contributed by atoms with van der Waals surface area (Å²) < 4.78 is 11.8. The summed E-state index contributed by atoms with van der Waals surface area (Å²) in [6.45, 7) is 8.46. The lowest BCUT2D eigenvalue weighted by molar-refractivity contribution is -0.127. The summed E-state index contributed by atoms with van der Waals surface area (Å²) in [7, 11) is 0. The third-order valence-electron chi connectivity index (χ3n) is 8.43. The van der Waals surface area contributed by atoms with Crippen molar-refractivity contribution < 1.29 is 23.5 Å². The molecule has 1 aromatic carbocycles. The van der Waals surface area contributed by atoms with Crippen molar-refractivity contribution in [1.82, 2.24) is 25.3 Å². The van der Waals surface area contributed by atoms with Crippen LogP contribution in [0.2, 0.25) is 0 Å². The van der Waals surface area contributed by atoms with Crippen LogP contribution in [-0.2, 0) is 22.6 Å². The van der Waals surface area contributed by atoms with Gasteiger partial charge in [0.25, 0.3) is 11.8 Å². The third-order valence-corrected chi connectivity index (χ3v) is 8.43. The van der Waals surface area contributed by atoms with Gasteiger partial charge in [-0.1, -0.05) is 38.8 Å². The molecule has 3 aliphatic rings. The lowest BCUT2D eigenvalue weighted by Crippen LogP contribution is -2.52. The lowest BCUT2D eigenvalue weighted by atomic mass is 9.83. The average Bonchev–Trinajstić information content (AvgIpc) is 3.73. The van der Waals surface area contributed by atoms with Crippen molar-refractivity contribution in [3.63, 3.8) is 0 Å². The normalized spacial score (nSPS) is 21.6. The fourth-order valence-corrected chi connectivity index (χ4v) is 5.85. The fourth-order valence-electron chi connectivity index (χ4n) is 5.85. The monoisotopic (exact) mass is 617 g/mol. The first-order valence-electron chi connectivity index (χ1n) is 15.4. The Kier molecular flexibility index (Phi) is 11.6. The Balaban J connectivity index is 0.00000423. The predicted octanol–water partition coefficient (Wildman–Crippen LogP) is 3.20. The maximum absolute atomic E-state index is 13.6. The maximum atomic E-state index is 13.6. The summed E-state index contributed by atoms with van der Waals surface area (Å²) >= 11 is 0. The number of Topliss-reactive ketones (excluding diaryl/α,β-unsaturated/α-hetero) is 1. The van der Waals surface area contributed by atoms with E-state index in [4.69, 9.17) is 9.15 Å². The second kappa shape index (κ2) is 15.1. The number of carbonyl (C=O) groups excluding carboxylic acids is 3. The molecule has 0 bridgehead atoms. The van der Waals surface area contributed by atoms with Gasteiger partial charge in [-0.25, -0.2) is 4.79 Å². The molecule has 5 rings (SSSR count).